The first-order valence-corrected chi connectivity index (χ1v) is 11.5. The van der Waals surface area contributed by atoms with Crippen LogP contribution in [0.2, 0.25) is 0 Å². The monoisotopic (exact) mass is 340 g/mol. The van der Waals surface area contributed by atoms with Crippen molar-refractivity contribution in [3.8, 4) is 0 Å². The molecule has 0 radical (unpaired) electrons. The normalized spacial score (nSPS) is 16.8. The SMILES string of the molecule is CCCCC(CC)C[NH+](CC(CC)CCCC)C(CC)CCCC. The summed E-state index contributed by atoms with van der Waals surface area (Å²) in [4.78, 5) is 1.96. The van der Waals surface area contributed by atoms with Gasteiger partial charge in [0.2, 0.25) is 0 Å². The smallest absolute Gasteiger partial charge is 0.0872 e. The predicted molar refractivity (Wildman–Crippen MR) is 111 cm³/mol. The molecule has 1 N–H and O–H groups in total. The van der Waals surface area contributed by atoms with Gasteiger partial charge in [-0.1, -0.05) is 73.6 Å². The molecular formula is C23H50N+. The molecule has 0 bridgehead atoms. The van der Waals surface area contributed by atoms with Gasteiger partial charge >= 0.3 is 0 Å². The molecule has 24 heavy (non-hydrogen) atoms. The molecule has 0 fully saturated rings. The van der Waals surface area contributed by atoms with Gasteiger partial charge in [-0.3, -0.25) is 0 Å². The van der Waals surface area contributed by atoms with E-state index in [4.69, 9.17) is 0 Å². The zero-order valence-corrected chi connectivity index (χ0v) is 18.1. The van der Waals surface area contributed by atoms with Crippen LogP contribution in [0.5, 0.6) is 0 Å². The van der Waals surface area contributed by atoms with E-state index in [9.17, 15) is 0 Å². The summed E-state index contributed by atoms with van der Waals surface area (Å²) in [5.74, 6) is 1.89. The quantitative estimate of drug-likeness (QED) is 0.318. The topological polar surface area (TPSA) is 4.44 Å². The number of hydrogen-bond acceptors (Lipinski definition) is 0. The zero-order chi connectivity index (χ0) is 18.2. The molecule has 0 aliphatic carbocycles. The number of nitrogens with one attached hydrogen (secondary N) is 1. The highest BCUT2D eigenvalue weighted by molar-refractivity contribution is 4.62. The molecule has 0 saturated carbocycles. The fraction of sp³-hybridized carbons (Fsp3) is 1.00. The second kappa shape index (κ2) is 16.4. The third-order valence-electron chi connectivity index (χ3n) is 6.16. The Kier molecular flexibility index (Phi) is 16.4. The lowest BCUT2D eigenvalue weighted by Crippen LogP contribution is -3.17. The molecule has 0 rings (SSSR count). The predicted octanol–water partition coefficient (Wildman–Crippen LogP) is 6.27. The summed E-state index contributed by atoms with van der Waals surface area (Å²) in [5, 5.41) is 0. The van der Waals surface area contributed by atoms with Crippen molar-refractivity contribution in [2.75, 3.05) is 13.1 Å². The molecule has 3 atom stereocenters. The van der Waals surface area contributed by atoms with Gasteiger partial charge < -0.3 is 4.90 Å². The molecule has 0 aromatic rings. The highest BCUT2D eigenvalue weighted by Gasteiger charge is 2.26. The van der Waals surface area contributed by atoms with E-state index >= 15 is 0 Å². The van der Waals surface area contributed by atoms with Crippen LogP contribution >= 0.6 is 0 Å². The van der Waals surface area contributed by atoms with Crippen LogP contribution in [0.3, 0.4) is 0 Å². The number of unbranched alkanes of at least 4 members (excludes halogenated alkanes) is 3. The molecular weight excluding hydrogens is 290 g/mol. The van der Waals surface area contributed by atoms with Crippen molar-refractivity contribution in [3.63, 3.8) is 0 Å². The lowest BCUT2D eigenvalue weighted by Gasteiger charge is -2.34. The average molecular weight is 341 g/mol. The van der Waals surface area contributed by atoms with Crippen LogP contribution in [0, 0.1) is 11.8 Å². The van der Waals surface area contributed by atoms with E-state index in [1.165, 1.54) is 90.1 Å². The van der Waals surface area contributed by atoms with Crippen molar-refractivity contribution in [2.45, 2.75) is 125 Å². The van der Waals surface area contributed by atoms with E-state index in [0.29, 0.717) is 0 Å². The third-order valence-corrected chi connectivity index (χ3v) is 6.16. The molecule has 3 unspecified atom stereocenters. The summed E-state index contributed by atoms with van der Waals surface area (Å²) in [7, 11) is 0. The first-order valence-electron chi connectivity index (χ1n) is 11.5. The number of hydrogen-bond donors (Lipinski definition) is 1. The van der Waals surface area contributed by atoms with Gasteiger partial charge in [-0.25, -0.2) is 0 Å². The van der Waals surface area contributed by atoms with Crippen molar-refractivity contribution < 1.29 is 4.90 Å². The maximum absolute atomic E-state index is 2.43. The van der Waals surface area contributed by atoms with Crippen molar-refractivity contribution in [1.82, 2.24) is 0 Å². The van der Waals surface area contributed by atoms with Crippen molar-refractivity contribution in [1.29, 1.82) is 0 Å². The molecule has 0 saturated heterocycles. The number of rotatable bonds is 17. The molecule has 1 heteroatoms. The van der Waals surface area contributed by atoms with Crippen molar-refractivity contribution >= 4 is 0 Å². The summed E-state index contributed by atoms with van der Waals surface area (Å²) in [6, 6.07) is 0.899. The van der Waals surface area contributed by atoms with Crippen LogP contribution in [0.1, 0.15) is 119 Å². The van der Waals surface area contributed by atoms with Crippen molar-refractivity contribution in [3.05, 3.63) is 0 Å². The maximum Gasteiger partial charge on any atom is 0.0872 e. The Morgan fingerprint density at radius 2 is 0.958 bits per heavy atom. The van der Waals surface area contributed by atoms with Crippen LogP contribution in [-0.2, 0) is 0 Å². The standard InChI is InChI=1S/C23H49N/c1-7-13-16-21(10-4)19-24(23(12-6)18-15-9-3)20-22(11-5)17-14-8-2/h21-23H,7-20H2,1-6H3/p+1. The second-order valence-electron chi connectivity index (χ2n) is 8.15. The van der Waals surface area contributed by atoms with Crippen molar-refractivity contribution in [2.24, 2.45) is 11.8 Å². The first-order chi connectivity index (χ1) is 11.7. The largest absolute Gasteiger partial charge is 0.332 e. The summed E-state index contributed by atoms with van der Waals surface area (Å²) in [6.07, 6.45) is 16.8. The zero-order valence-electron chi connectivity index (χ0n) is 18.1. The van der Waals surface area contributed by atoms with E-state index in [2.05, 4.69) is 41.5 Å². The molecule has 0 spiro atoms. The Hall–Kier alpha value is -0.0400. The first kappa shape index (κ1) is 24.0. The van der Waals surface area contributed by atoms with Gasteiger partial charge in [0.05, 0.1) is 19.1 Å². The minimum Gasteiger partial charge on any atom is -0.332 e. The summed E-state index contributed by atoms with van der Waals surface area (Å²) < 4.78 is 0. The number of quaternary nitrogens is 1. The van der Waals surface area contributed by atoms with Crippen LogP contribution in [0.25, 0.3) is 0 Å². The van der Waals surface area contributed by atoms with E-state index < -0.39 is 0 Å². The maximum atomic E-state index is 2.43. The van der Waals surface area contributed by atoms with Gasteiger partial charge in [-0.2, -0.15) is 0 Å². The highest BCUT2D eigenvalue weighted by Crippen LogP contribution is 2.14. The van der Waals surface area contributed by atoms with Crippen LogP contribution in [0.15, 0.2) is 0 Å². The van der Waals surface area contributed by atoms with E-state index in [-0.39, 0.29) is 0 Å². The molecule has 0 aliphatic heterocycles. The van der Waals surface area contributed by atoms with Gasteiger partial charge in [-0.15, -0.1) is 0 Å². The molecule has 146 valence electrons. The van der Waals surface area contributed by atoms with E-state index in [1.807, 2.05) is 4.90 Å². The minimum absolute atomic E-state index is 0.899. The summed E-state index contributed by atoms with van der Waals surface area (Å²) >= 11 is 0. The van der Waals surface area contributed by atoms with E-state index in [0.717, 1.165) is 17.9 Å². The lowest BCUT2D eigenvalue weighted by molar-refractivity contribution is -0.932. The Labute approximate surface area is 155 Å². The molecule has 0 heterocycles. The minimum atomic E-state index is 0.899. The Balaban J connectivity index is 4.88. The van der Waals surface area contributed by atoms with Crippen LogP contribution in [0.4, 0.5) is 0 Å². The Morgan fingerprint density at radius 1 is 0.542 bits per heavy atom. The average Bonchev–Trinajstić information content (AvgIpc) is 2.61. The fourth-order valence-corrected chi connectivity index (χ4v) is 4.19. The van der Waals surface area contributed by atoms with Gasteiger partial charge in [0.25, 0.3) is 0 Å². The second-order valence-corrected chi connectivity index (χ2v) is 8.15. The fourth-order valence-electron chi connectivity index (χ4n) is 4.19. The van der Waals surface area contributed by atoms with Gasteiger partial charge in [0.1, 0.15) is 0 Å². The molecule has 0 aromatic carbocycles. The van der Waals surface area contributed by atoms with E-state index in [1.54, 1.807) is 0 Å². The van der Waals surface area contributed by atoms with Gasteiger partial charge in [0.15, 0.2) is 0 Å². The third kappa shape index (κ3) is 10.7. The van der Waals surface area contributed by atoms with Gasteiger partial charge in [-0.05, 0) is 44.9 Å². The van der Waals surface area contributed by atoms with Gasteiger partial charge in [0, 0.05) is 11.8 Å². The summed E-state index contributed by atoms with van der Waals surface area (Å²) in [6.45, 7) is 17.1. The van der Waals surface area contributed by atoms with Crippen LogP contribution in [-0.4, -0.2) is 19.1 Å². The molecule has 0 amide bonds. The lowest BCUT2D eigenvalue weighted by atomic mass is 9.93. The molecule has 0 aromatic heterocycles. The molecule has 0 aliphatic rings. The Bertz CT molecular complexity index is 232. The van der Waals surface area contributed by atoms with Crippen LogP contribution < -0.4 is 4.90 Å². The summed E-state index contributed by atoms with van der Waals surface area (Å²) in [5.41, 5.74) is 0. The highest BCUT2D eigenvalue weighted by atomic mass is 15.2. The Morgan fingerprint density at radius 3 is 1.29 bits per heavy atom. The molecule has 1 nitrogen and oxygen atoms in total.